The minimum absolute atomic E-state index is 0. The van der Waals surface area contributed by atoms with Crippen LogP contribution in [0, 0.1) is 10.1 Å². The number of nitrogens with two attached hydrogens (primary N) is 1. The lowest BCUT2D eigenvalue weighted by Gasteiger charge is -2.09. The van der Waals surface area contributed by atoms with Gasteiger partial charge in [0, 0.05) is 24.8 Å². The van der Waals surface area contributed by atoms with E-state index in [2.05, 4.69) is 0 Å². The number of nitro benzene ring substituents is 1. The van der Waals surface area contributed by atoms with Gasteiger partial charge < -0.3 is 10.8 Å². The first-order valence-corrected chi connectivity index (χ1v) is 4.26. The molecule has 0 saturated carbocycles. The summed E-state index contributed by atoms with van der Waals surface area (Å²) >= 11 is 0. The molecule has 0 saturated heterocycles. The molecule has 0 fully saturated rings. The molecule has 0 aromatic heterocycles. The molecule has 0 heterocycles. The minimum Gasteiger partial charge on any atom is -0.396 e. The number of aliphatic hydroxyl groups is 1. The van der Waals surface area contributed by atoms with Crippen LogP contribution in [0.4, 0.5) is 5.69 Å². The molecule has 0 aliphatic carbocycles. The number of rotatable bonds is 4. The molecule has 84 valence electrons. The van der Waals surface area contributed by atoms with Crippen LogP contribution in [0.2, 0.25) is 0 Å². The Kier molecular flexibility index (Phi) is 5.84. The highest BCUT2D eigenvalue weighted by Gasteiger charge is 2.08. The lowest BCUT2D eigenvalue weighted by molar-refractivity contribution is -0.384. The van der Waals surface area contributed by atoms with E-state index in [0.29, 0.717) is 6.42 Å². The molecule has 0 unspecified atom stereocenters. The van der Waals surface area contributed by atoms with Gasteiger partial charge in [-0.3, -0.25) is 10.1 Å². The number of aliphatic hydroxyl groups excluding tert-OH is 1. The predicted octanol–water partition coefficient (Wildman–Crippen LogP) is 1.40. The highest BCUT2D eigenvalue weighted by molar-refractivity contribution is 5.85. The van der Waals surface area contributed by atoms with Crippen LogP contribution in [0.25, 0.3) is 0 Å². The summed E-state index contributed by atoms with van der Waals surface area (Å²) in [4.78, 5) is 9.89. The van der Waals surface area contributed by atoms with E-state index in [9.17, 15) is 10.1 Å². The molecule has 1 rings (SSSR count). The Morgan fingerprint density at radius 1 is 1.40 bits per heavy atom. The normalized spacial score (nSPS) is 11.6. The van der Waals surface area contributed by atoms with Crippen LogP contribution in [0.15, 0.2) is 24.3 Å². The summed E-state index contributed by atoms with van der Waals surface area (Å²) in [5.41, 5.74) is 6.54. The third kappa shape index (κ3) is 3.83. The predicted molar refractivity (Wildman–Crippen MR) is 59.0 cm³/mol. The van der Waals surface area contributed by atoms with E-state index in [0.717, 1.165) is 5.56 Å². The van der Waals surface area contributed by atoms with Crippen LogP contribution in [0.3, 0.4) is 0 Å². The second kappa shape index (κ2) is 6.34. The molecule has 6 heteroatoms. The monoisotopic (exact) mass is 232 g/mol. The van der Waals surface area contributed by atoms with Gasteiger partial charge in [-0.15, -0.1) is 12.4 Å². The van der Waals surface area contributed by atoms with Crippen molar-refractivity contribution in [1.82, 2.24) is 0 Å². The van der Waals surface area contributed by atoms with Crippen molar-refractivity contribution >= 4 is 18.1 Å². The van der Waals surface area contributed by atoms with E-state index in [1.807, 2.05) is 0 Å². The Morgan fingerprint density at radius 3 is 2.33 bits per heavy atom. The van der Waals surface area contributed by atoms with E-state index in [4.69, 9.17) is 10.8 Å². The maximum atomic E-state index is 10.3. The number of hydrogen-bond donors (Lipinski definition) is 2. The van der Waals surface area contributed by atoms with E-state index >= 15 is 0 Å². The van der Waals surface area contributed by atoms with Gasteiger partial charge in [-0.2, -0.15) is 0 Å². The zero-order valence-corrected chi connectivity index (χ0v) is 8.81. The molecule has 0 aliphatic rings. The SMILES string of the molecule is Cl.N[C@H](CCO)c1ccc([N+](=O)[O-])cc1. The van der Waals surface area contributed by atoms with Gasteiger partial charge in [-0.1, -0.05) is 12.1 Å². The highest BCUT2D eigenvalue weighted by atomic mass is 35.5. The van der Waals surface area contributed by atoms with Crippen LogP contribution >= 0.6 is 12.4 Å². The fourth-order valence-electron chi connectivity index (χ4n) is 1.15. The summed E-state index contributed by atoms with van der Waals surface area (Å²) in [6, 6.07) is 5.77. The van der Waals surface area contributed by atoms with Crippen LogP contribution in [0.5, 0.6) is 0 Å². The van der Waals surface area contributed by atoms with Crippen LogP contribution in [0.1, 0.15) is 18.0 Å². The largest absolute Gasteiger partial charge is 0.396 e. The molecular weight excluding hydrogens is 220 g/mol. The lowest BCUT2D eigenvalue weighted by Crippen LogP contribution is -2.11. The summed E-state index contributed by atoms with van der Waals surface area (Å²) in [5, 5.41) is 19.0. The van der Waals surface area contributed by atoms with Crippen molar-refractivity contribution in [1.29, 1.82) is 0 Å². The second-order valence-electron chi connectivity index (χ2n) is 2.97. The molecule has 0 bridgehead atoms. The van der Waals surface area contributed by atoms with Gasteiger partial charge in [0.05, 0.1) is 4.92 Å². The smallest absolute Gasteiger partial charge is 0.269 e. The summed E-state index contributed by atoms with van der Waals surface area (Å²) in [6.45, 7) is 0.0121. The number of hydrogen-bond acceptors (Lipinski definition) is 4. The zero-order chi connectivity index (χ0) is 10.6. The third-order valence-corrected chi connectivity index (χ3v) is 1.97. The van der Waals surface area contributed by atoms with Crippen LogP contribution in [-0.4, -0.2) is 16.6 Å². The van der Waals surface area contributed by atoms with E-state index < -0.39 is 4.92 Å². The van der Waals surface area contributed by atoms with E-state index in [-0.39, 0.29) is 30.7 Å². The van der Waals surface area contributed by atoms with Crippen molar-refractivity contribution in [2.45, 2.75) is 12.5 Å². The summed E-state index contributed by atoms with van der Waals surface area (Å²) < 4.78 is 0. The average Bonchev–Trinajstić information content (AvgIpc) is 2.18. The zero-order valence-electron chi connectivity index (χ0n) is 8.00. The lowest BCUT2D eigenvalue weighted by atomic mass is 10.1. The first kappa shape index (κ1) is 13.8. The first-order valence-electron chi connectivity index (χ1n) is 4.26. The number of nitrogens with zero attached hydrogens (tertiary/aromatic N) is 1. The van der Waals surface area contributed by atoms with Gasteiger partial charge in [-0.05, 0) is 12.0 Å². The van der Waals surface area contributed by atoms with Gasteiger partial charge >= 0.3 is 0 Å². The topological polar surface area (TPSA) is 89.4 Å². The molecular formula is C9H13ClN2O3. The second-order valence-corrected chi connectivity index (χ2v) is 2.97. The van der Waals surface area contributed by atoms with Gasteiger partial charge in [0.1, 0.15) is 0 Å². The van der Waals surface area contributed by atoms with Crippen molar-refractivity contribution in [3.8, 4) is 0 Å². The van der Waals surface area contributed by atoms with Crippen LogP contribution < -0.4 is 5.73 Å². The third-order valence-electron chi connectivity index (χ3n) is 1.97. The summed E-state index contributed by atoms with van der Waals surface area (Å²) in [6.07, 6.45) is 0.456. The van der Waals surface area contributed by atoms with Crippen molar-refractivity contribution in [3.05, 3.63) is 39.9 Å². The fourth-order valence-corrected chi connectivity index (χ4v) is 1.15. The molecule has 1 atom stereocenters. The van der Waals surface area contributed by atoms with Crippen molar-refractivity contribution in [2.24, 2.45) is 5.73 Å². The molecule has 0 amide bonds. The van der Waals surface area contributed by atoms with Gasteiger partial charge in [-0.25, -0.2) is 0 Å². The standard InChI is InChI=1S/C9H12N2O3.ClH/c10-9(5-6-12)7-1-3-8(4-2-7)11(13)14;/h1-4,9,12H,5-6,10H2;1H/t9-;/m1./s1. The van der Waals surface area contributed by atoms with Crippen LogP contribution in [-0.2, 0) is 0 Å². The van der Waals surface area contributed by atoms with Gasteiger partial charge in [0.2, 0.25) is 0 Å². The Balaban J connectivity index is 0.00000196. The average molecular weight is 233 g/mol. The molecule has 15 heavy (non-hydrogen) atoms. The Labute approximate surface area is 93.5 Å². The molecule has 1 aromatic carbocycles. The van der Waals surface area contributed by atoms with Crippen molar-refractivity contribution < 1.29 is 10.0 Å². The molecule has 5 nitrogen and oxygen atoms in total. The molecule has 0 radical (unpaired) electrons. The van der Waals surface area contributed by atoms with Gasteiger partial charge in [0.15, 0.2) is 0 Å². The molecule has 0 aliphatic heterocycles. The highest BCUT2D eigenvalue weighted by Crippen LogP contribution is 2.17. The van der Waals surface area contributed by atoms with E-state index in [1.165, 1.54) is 12.1 Å². The summed E-state index contributed by atoms with van der Waals surface area (Å²) in [7, 11) is 0. The first-order chi connectivity index (χ1) is 6.65. The van der Waals surface area contributed by atoms with Crippen molar-refractivity contribution in [2.75, 3.05) is 6.61 Å². The Hall–Kier alpha value is -1.17. The summed E-state index contributed by atoms with van der Waals surface area (Å²) in [5.74, 6) is 0. The number of benzene rings is 1. The molecule has 1 aromatic rings. The maximum Gasteiger partial charge on any atom is 0.269 e. The number of halogens is 1. The quantitative estimate of drug-likeness (QED) is 0.607. The minimum atomic E-state index is -0.457. The van der Waals surface area contributed by atoms with Crippen molar-refractivity contribution in [3.63, 3.8) is 0 Å². The van der Waals surface area contributed by atoms with E-state index in [1.54, 1.807) is 12.1 Å². The fraction of sp³-hybridized carbons (Fsp3) is 0.333. The Bertz CT molecular complexity index is 316. The molecule has 3 N–H and O–H groups in total. The van der Waals surface area contributed by atoms with Gasteiger partial charge in [0.25, 0.3) is 5.69 Å². The molecule has 0 spiro atoms. The number of non-ortho nitro benzene ring substituents is 1. The maximum absolute atomic E-state index is 10.3. The Morgan fingerprint density at radius 2 is 1.93 bits per heavy atom. The number of nitro groups is 1.